The summed E-state index contributed by atoms with van der Waals surface area (Å²) in [5.74, 6) is -0.288. The molecule has 0 unspecified atom stereocenters. The average Bonchev–Trinajstić information content (AvgIpc) is 2.25. The highest BCUT2D eigenvalue weighted by atomic mass is 28.4. The maximum absolute atomic E-state index is 11.1. The molecule has 0 saturated carbocycles. The van der Waals surface area contributed by atoms with Crippen LogP contribution in [0.3, 0.4) is 0 Å². The van der Waals surface area contributed by atoms with Gasteiger partial charge in [-0.15, -0.1) is 0 Å². The number of carbonyl (C=O) groups is 1. The van der Waals surface area contributed by atoms with E-state index in [1.807, 2.05) is 0 Å². The Morgan fingerprint density at radius 1 is 1.24 bits per heavy atom. The SMILES string of the molecule is C=C(C)C(=O)OCCCC[Si](C)(C)OCCC. The van der Waals surface area contributed by atoms with Crippen LogP contribution in [-0.4, -0.2) is 27.5 Å². The smallest absolute Gasteiger partial charge is 0.333 e. The number of hydrogen-bond acceptors (Lipinski definition) is 3. The molecule has 0 bridgehead atoms. The topological polar surface area (TPSA) is 35.5 Å². The predicted octanol–water partition coefficient (Wildman–Crippen LogP) is 3.52. The normalized spacial score (nSPS) is 11.3. The maximum Gasteiger partial charge on any atom is 0.333 e. The summed E-state index contributed by atoms with van der Waals surface area (Å²) in [6.07, 6.45) is 3.05. The lowest BCUT2D eigenvalue weighted by Crippen LogP contribution is -2.30. The van der Waals surface area contributed by atoms with Gasteiger partial charge in [-0.25, -0.2) is 4.79 Å². The Balaban J connectivity index is 3.57. The van der Waals surface area contributed by atoms with Crippen LogP contribution in [-0.2, 0) is 14.0 Å². The van der Waals surface area contributed by atoms with Crippen molar-refractivity contribution < 1.29 is 14.0 Å². The number of esters is 1. The van der Waals surface area contributed by atoms with E-state index < -0.39 is 8.32 Å². The van der Waals surface area contributed by atoms with Gasteiger partial charge in [-0.3, -0.25) is 0 Å². The van der Waals surface area contributed by atoms with Gasteiger partial charge >= 0.3 is 5.97 Å². The van der Waals surface area contributed by atoms with Gasteiger partial charge < -0.3 is 9.16 Å². The van der Waals surface area contributed by atoms with Gasteiger partial charge in [0.15, 0.2) is 8.32 Å². The van der Waals surface area contributed by atoms with Crippen LogP contribution >= 0.6 is 0 Å². The van der Waals surface area contributed by atoms with Crippen molar-refractivity contribution in [2.45, 2.75) is 52.2 Å². The largest absolute Gasteiger partial charge is 0.462 e. The molecule has 0 aliphatic carbocycles. The Bertz CT molecular complexity index is 249. The van der Waals surface area contributed by atoms with Crippen molar-refractivity contribution in [3.63, 3.8) is 0 Å². The van der Waals surface area contributed by atoms with Gasteiger partial charge in [0.1, 0.15) is 0 Å². The van der Waals surface area contributed by atoms with E-state index in [1.54, 1.807) is 6.92 Å². The predicted molar refractivity (Wildman–Crippen MR) is 73.5 cm³/mol. The molecular formula is C13H26O3Si. The molecule has 0 N–H and O–H groups in total. The molecule has 0 saturated heterocycles. The van der Waals surface area contributed by atoms with Crippen molar-refractivity contribution in [2.75, 3.05) is 13.2 Å². The number of hydrogen-bond donors (Lipinski definition) is 0. The van der Waals surface area contributed by atoms with Crippen LogP contribution in [0, 0.1) is 0 Å². The van der Waals surface area contributed by atoms with Crippen molar-refractivity contribution in [3.05, 3.63) is 12.2 Å². The second-order valence-corrected chi connectivity index (χ2v) is 9.29. The van der Waals surface area contributed by atoms with Gasteiger partial charge in [0.2, 0.25) is 0 Å². The quantitative estimate of drug-likeness (QED) is 0.275. The van der Waals surface area contributed by atoms with E-state index in [0.29, 0.717) is 12.2 Å². The first-order valence-corrected chi connectivity index (χ1v) is 9.47. The summed E-state index contributed by atoms with van der Waals surface area (Å²) >= 11 is 0. The molecule has 0 atom stereocenters. The maximum atomic E-state index is 11.1. The highest BCUT2D eigenvalue weighted by molar-refractivity contribution is 6.71. The molecule has 3 nitrogen and oxygen atoms in total. The first-order valence-electron chi connectivity index (χ1n) is 6.35. The Labute approximate surface area is 106 Å². The third-order valence-electron chi connectivity index (χ3n) is 2.45. The van der Waals surface area contributed by atoms with E-state index in [0.717, 1.165) is 31.9 Å². The molecule has 0 aromatic rings. The molecule has 100 valence electrons. The molecular weight excluding hydrogens is 232 g/mol. The van der Waals surface area contributed by atoms with E-state index in [4.69, 9.17) is 9.16 Å². The molecule has 0 aromatic carbocycles. The van der Waals surface area contributed by atoms with E-state index in [9.17, 15) is 4.79 Å². The van der Waals surface area contributed by atoms with Gasteiger partial charge in [-0.2, -0.15) is 0 Å². The summed E-state index contributed by atoms with van der Waals surface area (Å²) in [5.41, 5.74) is 0.464. The Hall–Kier alpha value is -0.613. The molecule has 0 aliphatic heterocycles. The minimum atomic E-state index is -1.48. The molecule has 0 heterocycles. The van der Waals surface area contributed by atoms with Crippen LogP contribution < -0.4 is 0 Å². The van der Waals surface area contributed by atoms with Gasteiger partial charge in [0.25, 0.3) is 0 Å². The average molecular weight is 258 g/mol. The molecule has 0 fully saturated rings. The van der Waals surface area contributed by atoms with Crippen molar-refractivity contribution >= 4 is 14.3 Å². The molecule has 17 heavy (non-hydrogen) atoms. The van der Waals surface area contributed by atoms with Crippen LogP contribution in [0.5, 0.6) is 0 Å². The third kappa shape index (κ3) is 9.12. The van der Waals surface area contributed by atoms with E-state index in [2.05, 4.69) is 26.6 Å². The zero-order valence-electron chi connectivity index (χ0n) is 11.7. The standard InChI is InChI=1S/C13H26O3Si/c1-6-9-16-17(4,5)11-8-7-10-15-13(14)12(2)3/h2,6-11H2,1,3-5H3. The summed E-state index contributed by atoms with van der Waals surface area (Å²) in [5, 5.41) is 0. The van der Waals surface area contributed by atoms with Crippen molar-refractivity contribution in [1.29, 1.82) is 0 Å². The first kappa shape index (κ1) is 16.4. The zero-order chi connectivity index (χ0) is 13.3. The summed E-state index contributed by atoms with van der Waals surface area (Å²) in [7, 11) is -1.48. The van der Waals surface area contributed by atoms with Crippen LogP contribution in [0.25, 0.3) is 0 Å². The van der Waals surface area contributed by atoms with Gasteiger partial charge in [-0.1, -0.05) is 19.9 Å². The number of unbranched alkanes of at least 4 members (excludes halogenated alkanes) is 1. The second-order valence-electron chi connectivity index (χ2n) is 4.98. The first-order chi connectivity index (χ1) is 7.89. The summed E-state index contributed by atoms with van der Waals surface area (Å²) < 4.78 is 10.9. The van der Waals surface area contributed by atoms with Crippen molar-refractivity contribution in [3.8, 4) is 0 Å². The van der Waals surface area contributed by atoms with Crippen molar-refractivity contribution in [1.82, 2.24) is 0 Å². The fourth-order valence-electron chi connectivity index (χ4n) is 1.39. The molecule has 0 spiro atoms. The minimum Gasteiger partial charge on any atom is -0.462 e. The summed E-state index contributed by atoms with van der Waals surface area (Å²) in [6.45, 7) is 13.2. The van der Waals surface area contributed by atoms with Gasteiger partial charge in [0, 0.05) is 12.2 Å². The Kier molecular flexibility index (Phi) is 8.17. The summed E-state index contributed by atoms with van der Waals surface area (Å²) in [6, 6.07) is 1.12. The minimum absolute atomic E-state index is 0.288. The van der Waals surface area contributed by atoms with Gasteiger partial charge in [0.05, 0.1) is 6.61 Å². The van der Waals surface area contributed by atoms with E-state index >= 15 is 0 Å². The summed E-state index contributed by atoms with van der Waals surface area (Å²) in [4.78, 5) is 11.1. The molecule has 0 rings (SSSR count). The van der Waals surface area contributed by atoms with Gasteiger partial charge in [-0.05, 0) is 38.9 Å². The van der Waals surface area contributed by atoms with Crippen LogP contribution in [0.4, 0.5) is 0 Å². The fraction of sp³-hybridized carbons (Fsp3) is 0.769. The lowest BCUT2D eigenvalue weighted by atomic mass is 10.3. The van der Waals surface area contributed by atoms with E-state index in [1.165, 1.54) is 0 Å². The highest BCUT2D eigenvalue weighted by Crippen LogP contribution is 2.15. The molecule has 0 aliphatic rings. The number of carbonyl (C=O) groups excluding carboxylic acids is 1. The van der Waals surface area contributed by atoms with Crippen LogP contribution in [0.2, 0.25) is 19.1 Å². The Morgan fingerprint density at radius 3 is 2.41 bits per heavy atom. The number of ether oxygens (including phenoxy) is 1. The van der Waals surface area contributed by atoms with Crippen LogP contribution in [0.1, 0.15) is 33.1 Å². The molecule has 0 amide bonds. The highest BCUT2D eigenvalue weighted by Gasteiger charge is 2.21. The molecule has 4 heteroatoms. The lowest BCUT2D eigenvalue weighted by Gasteiger charge is -2.22. The second kappa shape index (κ2) is 8.47. The van der Waals surface area contributed by atoms with E-state index in [-0.39, 0.29) is 5.97 Å². The third-order valence-corrected chi connectivity index (χ3v) is 4.99. The van der Waals surface area contributed by atoms with Crippen molar-refractivity contribution in [2.24, 2.45) is 0 Å². The van der Waals surface area contributed by atoms with Crippen LogP contribution in [0.15, 0.2) is 12.2 Å². The molecule has 0 radical (unpaired) electrons. The number of rotatable bonds is 9. The zero-order valence-corrected chi connectivity index (χ0v) is 12.7. The monoisotopic (exact) mass is 258 g/mol. The lowest BCUT2D eigenvalue weighted by molar-refractivity contribution is -0.139. The molecule has 0 aromatic heterocycles. The Morgan fingerprint density at radius 2 is 1.88 bits per heavy atom. The fourth-order valence-corrected chi connectivity index (χ4v) is 3.39.